The Hall–Kier alpha value is -2.53. The predicted molar refractivity (Wildman–Crippen MR) is 100 cm³/mol. The number of nitrogens with zero attached hydrogens (tertiary/aromatic N) is 1. The summed E-state index contributed by atoms with van der Waals surface area (Å²) in [6.07, 6.45) is 0. The average molecular weight is 342 g/mol. The molecule has 0 radical (unpaired) electrons. The second kappa shape index (κ2) is 9.08. The summed E-state index contributed by atoms with van der Waals surface area (Å²) in [4.78, 5) is 14.4. The molecule has 0 spiro atoms. The Morgan fingerprint density at radius 3 is 2.32 bits per heavy atom. The van der Waals surface area contributed by atoms with Crippen molar-refractivity contribution in [3.63, 3.8) is 0 Å². The molecule has 2 aromatic rings. The number of anilines is 1. The van der Waals surface area contributed by atoms with Crippen LogP contribution in [-0.4, -0.2) is 38.1 Å². The van der Waals surface area contributed by atoms with Crippen LogP contribution in [0.5, 0.6) is 11.5 Å². The molecule has 0 heterocycles. The summed E-state index contributed by atoms with van der Waals surface area (Å²) < 4.78 is 10.6. The van der Waals surface area contributed by atoms with Crippen molar-refractivity contribution in [2.45, 2.75) is 20.4 Å². The molecule has 0 saturated carbocycles. The van der Waals surface area contributed by atoms with E-state index in [1.54, 1.807) is 14.2 Å². The fourth-order valence-electron chi connectivity index (χ4n) is 2.56. The molecule has 1 N–H and O–H groups in total. The molecule has 0 aromatic heterocycles. The number of likely N-dealkylation sites (N-methyl/N-ethyl adjacent to an activating group) is 1. The highest BCUT2D eigenvalue weighted by atomic mass is 16.5. The number of hydrogen-bond acceptors (Lipinski definition) is 4. The third-order valence-corrected chi connectivity index (χ3v) is 4.00. The highest BCUT2D eigenvalue weighted by Gasteiger charge is 2.12. The molecule has 0 bridgehead atoms. The molecule has 0 fully saturated rings. The van der Waals surface area contributed by atoms with Crippen molar-refractivity contribution >= 4 is 11.6 Å². The molecule has 5 nitrogen and oxygen atoms in total. The Morgan fingerprint density at radius 2 is 1.72 bits per heavy atom. The molecule has 2 rings (SSSR count). The van der Waals surface area contributed by atoms with Gasteiger partial charge >= 0.3 is 0 Å². The summed E-state index contributed by atoms with van der Waals surface area (Å²) in [6, 6.07) is 13.6. The number of ether oxygens (including phenoxy) is 2. The van der Waals surface area contributed by atoms with E-state index in [-0.39, 0.29) is 5.91 Å². The van der Waals surface area contributed by atoms with E-state index >= 15 is 0 Å². The Kier molecular flexibility index (Phi) is 6.83. The van der Waals surface area contributed by atoms with Crippen LogP contribution in [0.25, 0.3) is 0 Å². The minimum atomic E-state index is -0.0221. The van der Waals surface area contributed by atoms with Gasteiger partial charge in [0, 0.05) is 12.2 Å². The lowest BCUT2D eigenvalue weighted by Crippen LogP contribution is -2.32. The van der Waals surface area contributed by atoms with E-state index in [2.05, 4.69) is 10.2 Å². The predicted octanol–water partition coefficient (Wildman–Crippen LogP) is 3.47. The van der Waals surface area contributed by atoms with E-state index in [1.165, 1.54) is 5.56 Å². The van der Waals surface area contributed by atoms with Crippen molar-refractivity contribution in [3.05, 3.63) is 53.6 Å². The summed E-state index contributed by atoms with van der Waals surface area (Å²) in [7, 11) is 3.24. The number of nitrogens with one attached hydrogen (secondary N) is 1. The molecule has 0 atom stereocenters. The summed E-state index contributed by atoms with van der Waals surface area (Å²) in [6.45, 7) is 5.83. The topological polar surface area (TPSA) is 50.8 Å². The first kappa shape index (κ1) is 18.8. The molecule has 5 heteroatoms. The maximum absolute atomic E-state index is 12.3. The molecule has 134 valence electrons. The fourth-order valence-corrected chi connectivity index (χ4v) is 2.56. The van der Waals surface area contributed by atoms with Crippen molar-refractivity contribution in [2.24, 2.45) is 0 Å². The van der Waals surface area contributed by atoms with Crippen LogP contribution in [0.2, 0.25) is 0 Å². The van der Waals surface area contributed by atoms with Gasteiger partial charge in [-0.25, -0.2) is 0 Å². The number of aryl methyl sites for hydroxylation is 1. The number of amides is 1. The van der Waals surface area contributed by atoms with Crippen molar-refractivity contribution in [1.29, 1.82) is 0 Å². The Morgan fingerprint density at radius 1 is 1.04 bits per heavy atom. The van der Waals surface area contributed by atoms with Gasteiger partial charge < -0.3 is 14.8 Å². The zero-order valence-electron chi connectivity index (χ0n) is 15.3. The summed E-state index contributed by atoms with van der Waals surface area (Å²) in [5, 5.41) is 2.94. The average Bonchev–Trinajstić information content (AvgIpc) is 2.62. The monoisotopic (exact) mass is 342 g/mol. The van der Waals surface area contributed by atoms with Gasteiger partial charge in [-0.3, -0.25) is 9.69 Å². The highest BCUT2D eigenvalue weighted by Crippen LogP contribution is 2.28. The Bertz CT molecular complexity index is 699. The SMILES string of the molecule is CCN(CC(=O)Nc1ccc(C)cc1)Cc1ccc(OC)c(OC)c1. The molecule has 1 amide bonds. The first-order chi connectivity index (χ1) is 12.0. The standard InChI is InChI=1S/C20H26N2O3/c1-5-22(13-16-8-11-18(24-3)19(12-16)25-4)14-20(23)21-17-9-6-15(2)7-10-17/h6-12H,5,13-14H2,1-4H3,(H,21,23). The zero-order chi connectivity index (χ0) is 18.2. The van der Waals surface area contributed by atoms with E-state index in [1.807, 2.05) is 56.3 Å². The van der Waals surface area contributed by atoms with Crippen LogP contribution in [0, 0.1) is 6.92 Å². The minimum Gasteiger partial charge on any atom is -0.493 e. The summed E-state index contributed by atoms with van der Waals surface area (Å²) >= 11 is 0. The number of benzene rings is 2. The van der Waals surface area contributed by atoms with Crippen LogP contribution in [-0.2, 0) is 11.3 Å². The lowest BCUT2D eigenvalue weighted by atomic mass is 10.2. The van der Waals surface area contributed by atoms with Crippen LogP contribution >= 0.6 is 0 Å². The van der Waals surface area contributed by atoms with Crippen LogP contribution < -0.4 is 14.8 Å². The van der Waals surface area contributed by atoms with E-state index in [0.717, 1.165) is 17.8 Å². The molecule has 25 heavy (non-hydrogen) atoms. The van der Waals surface area contributed by atoms with Gasteiger partial charge in [-0.15, -0.1) is 0 Å². The fraction of sp³-hybridized carbons (Fsp3) is 0.350. The van der Waals surface area contributed by atoms with Gasteiger partial charge in [0.25, 0.3) is 0 Å². The molecule has 0 unspecified atom stereocenters. The minimum absolute atomic E-state index is 0.0221. The third kappa shape index (κ3) is 5.50. The number of rotatable bonds is 8. The lowest BCUT2D eigenvalue weighted by Gasteiger charge is -2.20. The van der Waals surface area contributed by atoms with E-state index < -0.39 is 0 Å². The maximum Gasteiger partial charge on any atom is 0.238 e. The number of carbonyl (C=O) groups excluding carboxylic acids is 1. The highest BCUT2D eigenvalue weighted by molar-refractivity contribution is 5.92. The second-order valence-electron chi connectivity index (χ2n) is 5.91. The number of methoxy groups -OCH3 is 2. The van der Waals surface area contributed by atoms with Crippen LogP contribution in [0.15, 0.2) is 42.5 Å². The summed E-state index contributed by atoms with van der Waals surface area (Å²) in [5.74, 6) is 1.37. The van der Waals surface area contributed by atoms with E-state index in [9.17, 15) is 4.79 Å². The van der Waals surface area contributed by atoms with Crippen molar-refractivity contribution < 1.29 is 14.3 Å². The molecule has 0 aliphatic rings. The smallest absolute Gasteiger partial charge is 0.238 e. The quantitative estimate of drug-likeness (QED) is 0.798. The van der Waals surface area contributed by atoms with Gasteiger partial charge in [0.15, 0.2) is 11.5 Å². The molecule has 0 saturated heterocycles. The lowest BCUT2D eigenvalue weighted by molar-refractivity contribution is -0.117. The normalized spacial score (nSPS) is 10.6. The van der Waals surface area contributed by atoms with E-state index in [0.29, 0.717) is 24.6 Å². The van der Waals surface area contributed by atoms with Crippen molar-refractivity contribution in [1.82, 2.24) is 4.90 Å². The molecular formula is C20H26N2O3. The largest absolute Gasteiger partial charge is 0.493 e. The summed E-state index contributed by atoms with van der Waals surface area (Å²) in [5.41, 5.74) is 3.06. The number of carbonyl (C=O) groups is 1. The Balaban J connectivity index is 1.97. The van der Waals surface area contributed by atoms with Crippen molar-refractivity contribution in [3.8, 4) is 11.5 Å². The zero-order valence-corrected chi connectivity index (χ0v) is 15.3. The van der Waals surface area contributed by atoms with Gasteiger partial charge in [0.05, 0.1) is 20.8 Å². The van der Waals surface area contributed by atoms with E-state index in [4.69, 9.17) is 9.47 Å². The Labute approximate surface area is 149 Å². The van der Waals surface area contributed by atoms with Gasteiger partial charge in [-0.05, 0) is 43.3 Å². The molecule has 0 aliphatic carbocycles. The second-order valence-corrected chi connectivity index (χ2v) is 5.91. The van der Waals surface area contributed by atoms with Crippen LogP contribution in [0.3, 0.4) is 0 Å². The van der Waals surface area contributed by atoms with Gasteiger partial charge in [-0.2, -0.15) is 0 Å². The molecular weight excluding hydrogens is 316 g/mol. The number of hydrogen-bond donors (Lipinski definition) is 1. The first-order valence-corrected chi connectivity index (χ1v) is 8.35. The molecule has 2 aromatic carbocycles. The molecule has 0 aliphatic heterocycles. The van der Waals surface area contributed by atoms with Gasteiger partial charge in [0.1, 0.15) is 0 Å². The first-order valence-electron chi connectivity index (χ1n) is 8.35. The van der Waals surface area contributed by atoms with Gasteiger partial charge in [-0.1, -0.05) is 30.7 Å². The third-order valence-electron chi connectivity index (χ3n) is 4.00. The maximum atomic E-state index is 12.3. The van der Waals surface area contributed by atoms with Gasteiger partial charge in [0.2, 0.25) is 5.91 Å². The van der Waals surface area contributed by atoms with Crippen LogP contribution in [0.1, 0.15) is 18.1 Å². The van der Waals surface area contributed by atoms with Crippen LogP contribution in [0.4, 0.5) is 5.69 Å². The van der Waals surface area contributed by atoms with Crippen molar-refractivity contribution in [2.75, 3.05) is 32.6 Å².